The molecule has 1 amide bonds. The predicted molar refractivity (Wildman–Crippen MR) is 78.5 cm³/mol. The number of carbonyl (C=O) groups is 1. The van der Waals surface area contributed by atoms with Crippen LogP contribution in [0.4, 0.5) is 5.69 Å². The molecule has 2 N–H and O–H groups in total. The Balaban J connectivity index is 2.63. The molecule has 0 saturated carbocycles. The van der Waals surface area contributed by atoms with E-state index in [0.717, 1.165) is 5.56 Å². The molecule has 104 valence electrons. The number of nitrogens with zero attached hydrogens (tertiary/aromatic N) is 1. The normalized spacial score (nSPS) is 10.5. The SMILES string of the molecule is C=CCN(CCO)CC(=O)Nc1cccc(Cl)c1C. The number of halogens is 1. The summed E-state index contributed by atoms with van der Waals surface area (Å²) in [7, 11) is 0. The summed E-state index contributed by atoms with van der Waals surface area (Å²) in [6.45, 7) is 6.70. The van der Waals surface area contributed by atoms with Gasteiger partial charge in [-0.15, -0.1) is 6.58 Å². The van der Waals surface area contributed by atoms with E-state index in [4.69, 9.17) is 16.7 Å². The van der Waals surface area contributed by atoms with E-state index in [0.29, 0.717) is 23.8 Å². The molecule has 0 aromatic heterocycles. The number of hydrogen-bond donors (Lipinski definition) is 2. The number of hydrogen-bond acceptors (Lipinski definition) is 3. The molecule has 4 nitrogen and oxygen atoms in total. The second-order valence-corrected chi connectivity index (χ2v) is 4.62. The Morgan fingerprint density at radius 2 is 2.32 bits per heavy atom. The maximum atomic E-state index is 11.9. The van der Waals surface area contributed by atoms with Crippen LogP contribution in [0.5, 0.6) is 0 Å². The smallest absolute Gasteiger partial charge is 0.238 e. The van der Waals surface area contributed by atoms with Gasteiger partial charge in [-0.3, -0.25) is 9.69 Å². The van der Waals surface area contributed by atoms with E-state index in [-0.39, 0.29) is 19.1 Å². The first kappa shape index (κ1) is 15.7. The van der Waals surface area contributed by atoms with Gasteiger partial charge in [0, 0.05) is 23.8 Å². The van der Waals surface area contributed by atoms with Crippen LogP contribution in [0.25, 0.3) is 0 Å². The highest BCUT2D eigenvalue weighted by atomic mass is 35.5. The number of nitrogens with one attached hydrogen (secondary N) is 1. The average molecular weight is 283 g/mol. The van der Waals surface area contributed by atoms with Crippen molar-refractivity contribution in [3.63, 3.8) is 0 Å². The molecule has 5 heteroatoms. The van der Waals surface area contributed by atoms with Gasteiger partial charge in [-0.1, -0.05) is 23.7 Å². The number of rotatable bonds is 7. The average Bonchev–Trinajstić information content (AvgIpc) is 2.35. The van der Waals surface area contributed by atoms with Gasteiger partial charge < -0.3 is 10.4 Å². The van der Waals surface area contributed by atoms with Crippen molar-refractivity contribution in [2.45, 2.75) is 6.92 Å². The van der Waals surface area contributed by atoms with Gasteiger partial charge in [-0.2, -0.15) is 0 Å². The molecule has 1 aromatic carbocycles. The minimum atomic E-state index is -0.138. The van der Waals surface area contributed by atoms with Crippen molar-refractivity contribution >= 4 is 23.2 Å². The molecule has 0 saturated heterocycles. The molecule has 0 aliphatic carbocycles. The van der Waals surface area contributed by atoms with Gasteiger partial charge in [-0.25, -0.2) is 0 Å². The molecule has 0 fully saturated rings. The molecule has 0 heterocycles. The molecule has 0 spiro atoms. The summed E-state index contributed by atoms with van der Waals surface area (Å²) >= 11 is 5.99. The third kappa shape index (κ3) is 5.03. The summed E-state index contributed by atoms with van der Waals surface area (Å²) in [4.78, 5) is 13.7. The summed E-state index contributed by atoms with van der Waals surface area (Å²) in [5.41, 5.74) is 1.55. The number of anilines is 1. The molecular formula is C14H19ClN2O2. The fourth-order valence-corrected chi connectivity index (χ4v) is 1.87. The lowest BCUT2D eigenvalue weighted by Gasteiger charge is -2.19. The quantitative estimate of drug-likeness (QED) is 0.753. The third-order valence-corrected chi connectivity index (χ3v) is 3.12. The number of carbonyl (C=O) groups excluding carboxylic acids is 1. The van der Waals surface area contributed by atoms with Crippen molar-refractivity contribution in [1.29, 1.82) is 0 Å². The summed E-state index contributed by atoms with van der Waals surface area (Å²) < 4.78 is 0. The monoisotopic (exact) mass is 282 g/mol. The van der Waals surface area contributed by atoms with E-state index in [2.05, 4.69) is 11.9 Å². The molecular weight excluding hydrogens is 264 g/mol. The van der Waals surface area contributed by atoms with Crippen molar-refractivity contribution < 1.29 is 9.90 Å². The van der Waals surface area contributed by atoms with Gasteiger partial charge in [0.15, 0.2) is 0 Å². The number of amides is 1. The van der Waals surface area contributed by atoms with E-state index in [1.54, 1.807) is 18.2 Å². The van der Waals surface area contributed by atoms with Crippen LogP contribution < -0.4 is 5.32 Å². The number of benzene rings is 1. The van der Waals surface area contributed by atoms with Crippen LogP contribution in [-0.4, -0.2) is 42.2 Å². The Hall–Kier alpha value is -1.36. The van der Waals surface area contributed by atoms with Crippen molar-refractivity contribution in [1.82, 2.24) is 4.90 Å². The predicted octanol–water partition coefficient (Wildman–Crippen LogP) is 2.07. The minimum Gasteiger partial charge on any atom is -0.395 e. The highest BCUT2D eigenvalue weighted by Gasteiger charge is 2.11. The maximum absolute atomic E-state index is 11.9. The zero-order valence-corrected chi connectivity index (χ0v) is 11.8. The fourth-order valence-electron chi connectivity index (χ4n) is 1.69. The van der Waals surface area contributed by atoms with Gasteiger partial charge in [-0.05, 0) is 24.6 Å². The molecule has 0 unspecified atom stereocenters. The van der Waals surface area contributed by atoms with Crippen molar-refractivity contribution in [3.05, 3.63) is 41.4 Å². The highest BCUT2D eigenvalue weighted by molar-refractivity contribution is 6.31. The third-order valence-electron chi connectivity index (χ3n) is 2.71. The second-order valence-electron chi connectivity index (χ2n) is 4.21. The van der Waals surface area contributed by atoms with Gasteiger partial charge in [0.05, 0.1) is 13.2 Å². The van der Waals surface area contributed by atoms with E-state index in [1.807, 2.05) is 17.9 Å². The molecule has 1 rings (SSSR count). The Kier molecular flexibility index (Phi) is 6.56. The lowest BCUT2D eigenvalue weighted by Crippen LogP contribution is -2.35. The first-order valence-corrected chi connectivity index (χ1v) is 6.45. The molecule has 1 aromatic rings. The van der Waals surface area contributed by atoms with Gasteiger partial charge in [0.1, 0.15) is 0 Å². The lowest BCUT2D eigenvalue weighted by atomic mass is 10.2. The Bertz CT molecular complexity index is 449. The minimum absolute atomic E-state index is 0.0112. The first-order valence-electron chi connectivity index (χ1n) is 6.07. The topological polar surface area (TPSA) is 52.6 Å². The van der Waals surface area contributed by atoms with E-state index < -0.39 is 0 Å². The molecule has 0 aliphatic heterocycles. The van der Waals surface area contributed by atoms with Gasteiger partial charge in [0.2, 0.25) is 5.91 Å². The fraction of sp³-hybridized carbons (Fsp3) is 0.357. The van der Waals surface area contributed by atoms with Crippen LogP contribution in [0.15, 0.2) is 30.9 Å². The number of aliphatic hydroxyl groups is 1. The summed E-state index contributed by atoms with van der Waals surface area (Å²) in [6, 6.07) is 5.38. The highest BCUT2D eigenvalue weighted by Crippen LogP contribution is 2.22. The van der Waals surface area contributed by atoms with E-state index in [1.165, 1.54) is 0 Å². The first-order chi connectivity index (χ1) is 9.08. The Labute approximate surface area is 118 Å². The summed E-state index contributed by atoms with van der Waals surface area (Å²) in [5.74, 6) is -0.138. The zero-order valence-electron chi connectivity index (χ0n) is 11.0. The van der Waals surface area contributed by atoms with Crippen LogP contribution in [-0.2, 0) is 4.79 Å². The van der Waals surface area contributed by atoms with Gasteiger partial charge in [0.25, 0.3) is 0 Å². The maximum Gasteiger partial charge on any atom is 0.238 e. The summed E-state index contributed by atoms with van der Waals surface area (Å²) in [6.07, 6.45) is 1.70. The van der Waals surface area contributed by atoms with Crippen LogP contribution in [0.1, 0.15) is 5.56 Å². The molecule has 19 heavy (non-hydrogen) atoms. The van der Waals surface area contributed by atoms with Crippen molar-refractivity contribution in [2.24, 2.45) is 0 Å². The standard InChI is InChI=1S/C14H19ClN2O2/c1-3-7-17(8-9-18)10-14(19)16-13-6-4-5-12(15)11(13)2/h3-6,18H,1,7-10H2,2H3,(H,16,19). The van der Waals surface area contributed by atoms with E-state index in [9.17, 15) is 4.79 Å². The molecule has 0 radical (unpaired) electrons. The van der Waals surface area contributed by atoms with Crippen LogP contribution in [0.3, 0.4) is 0 Å². The molecule has 0 atom stereocenters. The largest absolute Gasteiger partial charge is 0.395 e. The van der Waals surface area contributed by atoms with Crippen molar-refractivity contribution in [2.75, 3.05) is 31.6 Å². The second kappa shape index (κ2) is 7.94. The van der Waals surface area contributed by atoms with Crippen molar-refractivity contribution in [3.8, 4) is 0 Å². The lowest BCUT2D eigenvalue weighted by molar-refractivity contribution is -0.117. The van der Waals surface area contributed by atoms with Crippen LogP contribution >= 0.6 is 11.6 Å². The van der Waals surface area contributed by atoms with Crippen LogP contribution in [0, 0.1) is 6.92 Å². The molecule has 0 bridgehead atoms. The molecule has 0 aliphatic rings. The Morgan fingerprint density at radius 3 is 2.95 bits per heavy atom. The Morgan fingerprint density at radius 1 is 1.58 bits per heavy atom. The summed E-state index contributed by atoms with van der Waals surface area (Å²) in [5, 5.41) is 12.4. The van der Waals surface area contributed by atoms with Gasteiger partial charge >= 0.3 is 0 Å². The zero-order chi connectivity index (χ0) is 14.3. The van der Waals surface area contributed by atoms with Crippen LogP contribution in [0.2, 0.25) is 5.02 Å². The number of aliphatic hydroxyl groups excluding tert-OH is 1. The van der Waals surface area contributed by atoms with E-state index >= 15 is 0 Å².